The lowest BCUT2D eigenvalue weighted by Gasteiger charge is -2.07. The van der Waals surface area contributed by atoms with Gasteiger partial charge in [-0.05, 0) is 49.4 Å². The predicted octanol–water partition coefficient (Wildman–Crippen LogP) is 3.86. The molecule has 0 unspecified atom stereocenters. The van der Waals surface area contributed by atoms with Crippen LogP contribution in [0.25, 0.3) is 21.1 Å². The molecule has 0 spiro atoms. The molecular weight excluding hydrogens is 364 g/mol. The number of hydrogen-bond acceptors (Lipinski definition) is 6. The van der Waals surface area contributed by atoms with Crippen LogP contribution in [-0.4, -0.2) is 22.0 Å². The molecule has 2 aromatic carbocycles. The van der Waals surface area contributed by atoms with Crippen LogP contribution >= 0.6 is 11.3 Å². The highest BCUT2D eigenvalue weighted by Crippen LogP contribution is 2.29. The Balaban J connectivity index is 1.58. The van der Waals surface area contributed by atoms with Crippen LogP contribution in [0.3, 0.4) is 0 Å². The van der Waals surface area contributed by atoms with Gasteiger partial charge in [-0.2, -0.15) is 0 Å². The van der Waals surface area contributed by atoms with Gasteiger partial charge in [0.2, 0.25) is 0 Å². The number of carbonyl (C=O) groups excluding carboxylic acids is 2. The van der Waals surface area contributed by atoms with Crippen molar-refractivity contribution in [1.82, 2.24) is 9.97 Å². The van der Waals surface area contributed by atoms with E-state index >= 15 is 0 Å². The molecule has 3 N–H and O–H groups in total. The molecule has 0 saturated heterocycles. The Morgan fingerprint density at radius 3 is 2.67 bits per heavy atom. The summed E-state index contributed by atoms with van der Waals surface area (Å²) in [5, 5.41) is 3.98. The van der Waals surface area contributed by atoms with Crippen LogP contribution in [0.2, 0.25) is 0 Å². The lowest BCUT2D eigenvalue weighted by molar-refractivity contribution is 0.102. The van der Waals surface area contributed by atoms with Crippen LogP contribution in [0, 0.1) is 6.92 Å². The molecule has 2 heterocycles. The zero-order chi connectivity index (χ0) is 19.0. The highest BCUT2D eigenvalue weighted by molar-refractivity contribution is 7.20. The predicted molar refractivity (Wildman–Crippen MR) is 104 cm³/mol. The number of pyridine rings is 1. The summed E-state index contributed by atoms with van der Waals surface area (Å²) in [6, 6.07) is 14.5. The lowest BCUT2D eigenvalue weighted by atomic mass is 10.1. The number of thiazole rings is 1. The number of fused-ring (bicyclic) bond motifs is 2. The van der Waals surface area contributed by atoms with Crippen molar-refractivity contribution in [2.24, 2.45) is 5.73 Å². The normalized spacial score (nSPS) is 10.9. The molecule has 0 saturated carbocycles. The molecule has 2 aromatic heterocycles. The van der Waals surface area contributed by atoms with E-state index in [9.17, 15) is 9.59 Å². The first kappa shape index (κ1) is 16.9. The number of benzene rings is 2. The fourth-order valence-electron chi connectivity index (χ4n) is 2.68. The van der Waals surface area contributed by atoms with Crippen LogP contribution in [0.15, 0.2) is 48.5 Å². The topological polar surface area (TPSA) is 107 Å². The van der Waals surface area contributed by atoms with Crippen molar-refractivity contribution in [2.45, 2.75) is 6.92 Å². The van der Waals surface area contributed by atoms with Crippen molar-refractivity contribution >= 4 is 50.1 Å². The summed E-state index contributed by atoms with van der Waals surface area (Å²) in [7, 11) is 0. The zero-order valence-electron chi connectivity index (χ0n) is 14.2. The average molecular weight is 378 g/mol. The fourth-order valence-corrected chi connectivity index (χ4v) is 3.54. The van der Waals surface area contributed by atoms with Gasteiger partial charge in [0, 0.05) is 22.3 Å². The van der Waals surface area contributed by atoms with E-state index in [4.69, 9.17) is 10.5 Å². The summed E-state index contributed by atoms with van der Waals surface area (Å²) in [6.45, 7) is 1.94. The van der Waals surface area contributed by atoms with Gasteiger partial charge in [-0.1, -0.05) is 17.4 Å². The van der Waals surface area contributed by atoms with Gasteiger partial charge in [-0.15, -0.1) is 0 Å². The first-order chi connectivity index (χ1) is 13.0. The number of hydrogen-bond donors (Lipinski definition) is 2. The maximum absolute atomic E-state index is 12.6. The Labute approximate surface area is 157 Å². The van der Waals surface area contributed by atoms with Crippen LogP contribution < -0.4 is 15.8 Å². The number of aryl methyl sites for hydroxylation is 1. The summed E-state index contributed by atoms with van der Waals surface area (Å²) in [5.41, 5.74) is 8.59. The summed E-state index contributed by atoms with van der Waals surface area (Å²) in [5.74, 6) is -0.248. The van der Waals surface area contributed by atoms with Crippen LogP contribution in [0.5, 0.6) is 5.19 Å². The molecule has 134 valence electrons. The number of nitrogens with zero attached hydrogens (tertiary/aromatic N) is 2. The summed E-state index contributed by atoms with van der Waals surface area (Å²) in [4.78, 5) is 32.0. The molecule has 4 aromatic rings. The van der Waals surface area contributed by atoms with Gasteiger partial charge >= 0.3 is 6.09 Å². The number of rotatable bonds is 3. The van der Waals surface area contributed by atoms with Gasteiger partial charge in [0.05, 0.1) is 15.7 Å². The van der Waals surface area contributed by atoms with Gasteiger partial charge < -0.3 is 15.8 Å². The SMILES string of the molecule is Cc1ccc2cc(NC(=O)c3ccc4nc(OC(N)=O)sc4c3)ccc2n1. The number of carbonyl (C=O) groups is 2. The van der Waals surface area contributed by atoms with E-state index in [0.29, 0.717) is 16.8 Å². The zero-order valence-corrected chi connectivity index (χ0v) is 15.0. The monoisotopic (exact) mass is 378 g/mol. The number of nitrogens with one attached hydrogen (secondary N) is 1. The molecule has 0 aliphatic heterocycles. The van der Waals surface area contributed by atoms with Gasteiger partial charge in [-0.25, -0.2) is 9.78 Å². The van der Waals surface area contributed by atoms with Crippen molar-refractivity contribution in [3.63, 3.8) is 0 Å². The minimum absolute atomic E-state index is 0.146. The number of primary amides is 1. The van der Waals surface area contributed by atoms with Crippen LogP contribution in [0.4, 0.5) is 10.5 Å². The number of ether oxygens (including phenoxy) is 1. The molecule has 0 fully saturated rings. The van der Waals surface area contributed by atoms with Crippen molar-refractivity contribution in [2.75, 3.05) is 5.32 Å². The molecule has 0 aliphatic rings. The molecule has 4 rings (SSSR count). The van der Waals surface area contributed by atoms with Gasteiger partial charge in [-0.3, -0.25) is 9.78 Å². The largest absolute Gasteiger partial charge is 0.411 e. The highest BCUT2D eigenvalue weighted by Gasteiger charge is 2.12. The quantitative estimate of drug-likeness (QED) is 0.563. The summed E-state index contributed by atoms with van der Waals surface area (Å²) < 4.78 is 5.50. The average Bonchev–Trinajstić information content (AvgIpc) is 3.02. The fraction of sp³-hybridized carbons (Fsp3) is 0.0526. The molecule has 8 heteroatoms. The minimum Gasteiger partial charge on any atom is -0.381 e. The maximum Gasteiger partial charge on any atom is 0.411 e. The van der Waals surface area contributed by atoms with Crippen molar-refractivity contribution < 1.29 is 14.3 Å². The standard InChI is InChI=1S/C19H14N4O3S/c1-10-2-3-11-8-13(5-7-14(11)21-10)22-17(24)12-4-6-15-16(9-12)27-19(23-15)26-18(20)25/h2-9H,1H3,(H2,20,25)(H,22,24). The molecule has 0 radical (unpaired) electrons. The molecular formula is C19H14N4O3S. The third kappa shape index (κ3) is 3.56. The number of nitrogens with two attached hydrogens (primary N) is 1. The Morgan fingerprint density at radius 2 is 1.85 bits per heavy atom. The lowest BCUT2D eigenvalue weighted by Crippen LogP contribution is -2.15. The number of amides is 2. The van der Waals surface area contributed by atoms with E-state index < -0.39 is 6.09 Å². The third-order valence-corrected chi connectivity index (χ3v) is 4.80. The molecule has 27 heavy (non-hydrogen) atoms. The second kappa shape index (κ2) is 6.65. The van der Waals surface area contributed by atoms with Crippen molar-refractivity contribution in [1.29, 1.82) is 0 Å². The number of anilines is 1. The second-order valence-electron chi connectivity index (χ2n) is 5.90. The molecule has 0 atom stereocenters. The van der Waals surface area contributed by atoms with Crippen molar-refractivity contribution in [3.05, 3.63) is 59.8 Å². The smallest absolute Gasteiger partial charge is 0.381 e. The van der Waals surface area contributed by atoms with Crippen LogP contribution in [-0.2, 0) is 0 Å². The summed E-state index contributed by atoms with van der Waals surface area (Å²) >= 11 is 1.14. The Bertz CT molecular complexity index is 1200. The Hall–Kier alpha value is -3.52. The first-order valence-corrected chi connectivity index (χ1v) is 8.86. The first-order valence-electron chi connectivity index (χ1n) is 8.04. The second-order valence-corrected chi connectivity index (χ2v) is 6.89. The molecule has 2 amide bonds. The summed E-state index contributed by atoms with van der Waals surface area (Å²) in [6.07, 6.45) is -0.923. The third-order valence-electron chi connectivity index (χ3n) is 3.91. The van der Waals surface area contributed by atoms with E-state index in [1.165, 1.54) is 0 Å². The van der Waals surface area contributed by atoms with Crippen LogP contribution in [0.1, 0.15) is 16.1 Å². The molecule has 0 aliphatic carbocycles. The molecule has 7 nitrogen and oxygen atoms in total. The number of aromatic nitrogens is 2. The van der Waals surface area contributed by atoms with E-state index in [2.05, 4.69) is 15.3 Å². The maximum atomic E-state index is 12.6. The van der Waals surface area contributed by atoms with E-state index in [-0.39, 0.29) is 11.1 Å². The van der Waals surface area contributed by atoms with E-state index in [0.717, 1.165) is 32.6 Å². The van der Waals surface area contributed by atoms with E-state index in [1.54, 1.807) is 18.2 Å². The Morgan fingerprint density at radius 1 is 1.04 bits per heavy atom. The van der Waals surface area contributed by atoms with Gasteiger partial charge in [0.1, 0.15) is 0 Å². The molecule has 0 bridgehead atoms. The van der Waals surface area contributed by atoms with Gasteiger partial charge in [0.25, 0.3) is 11.1 Å². The minimum atomic E-state index is -0.923. The van der Waals surface area contributed by atoms with E-state index in [1.807, 2.05) is 37.3 Å². The van der Waals surface area contributed by atoms with Crippen molar-refractivity contribution in [3.8, 4) is 5.19 Å². The Kier molecular flexibility index (Phi) is 4.17. The van der Waals surface area contributed by atoms with Gasteiger partial charge in [0.15, 0.2) is 0 Å². The highest BCUT2D eigenvalue weighted by atomic mass is 32.1.